The van der Waals surface area contributed by atoms with Crippen LogP contribution in [-0.4, -0.2) is 78.3 Å². The minimum Gasteiger partial charge on any atom is -0.466 e. The molecule has 0 spiro atoms. The van der Waals surface area contributed by atoms with Gasteiger partial charge < -0.3 is 24.1 Å². The number of carbonyl (C=O) groups excluding carboxylic acids is 3. The van der Waals surface area contributed by atoms with E-state index >= 15 is 0 Å². The van der Waals surface area contributed by atoms with Crippen LogP contribution in [0.3, 0.4) is 0 Å². The van der Waals surface area contributed by atoms with Crippen LogP contribution in [0.15, 0.2) is 0 Å². The quantitative estimate of drug-likeness (QED) is 0.0275. The number of hydrogen-bond acceptors (Lipinski definition) is 9. The van der Waals surface area contributed by atoms with E-state index in [0.29, 0.717) is 52.0 Å². The summed E-state index contributed by atoms with van der Waals surface area (Å²) in [5, 5.41) is 10.4. The van der Waals surface area contributed by atoms with Gasteiger partial charge in [0.1, 0.15) is 6.04 Å². The first-order chi connectivity index (χ1) is 36.2. The number of hydrogen-bond donors (Lipinski definition) is 1. The zero-order valence-corrected chi connectivity index (χ0v) is 50.0. The predicted octanol–water partition coefficient (Wildman–Crippen LogP) is 19.0. The van der Waals surface area contributed by atoms with Crippen molar-refractivity contribution in [1.82, 2.24) is 4.90 Å². The van der Waals surface area contributed by atoms with E-state index in [4.69, 9.17) is 18.9 Å². The molecule has 1 heterocycles. The Balaban J connectivity index is 2.68. The van der Waals surface area contributed by atoms with Gasteiger partial charge in [-0.1, -0.05) is 253 Å². The molecule has 1 N–H and O–H groups in total. The van der Waals surface area contributed by atoms with E-state index < -0.39 is 11.9 Å². The van der Waals surface area contributed by atoms with Gasteiger partial charge in [0.15, 0.2) is 0 Å². The summed E-state index contributed by atoms with van der Waals surface area (Å²) in [7, 11) is 0. The summed E-state index contributed by atoms with van der Waals surface area (Å²) in [4.78, 5) is 41.6. The first-order valence-corrected chi connectivity index (χ1v) is 32.9. The van der Waals surface area contributed by atoms with Gasteiger partial charge in [-0.15, -0.1) is 0 Å². The van der Waals surface area contributed by atoms with Crippen LogP contribution in [0.1, 0.15) is 349 Å². The predicted molar refractivity (Wildman–Crippen MR) is 312 cm³/mol. The topological polar surface area (TPSA) is 112 Å². The van der Waals surface area contributed by atoms with Gasteiger partial charge in [0.2, 0.25) is 5.79 Å². The van der Waals surface area contributed by atoms with Crippen LogP contribution in [0.5, 0.6) is 0 Å². The van der Waals surface area contributed by atoms with E-state index in [1.807, 2.05) is 0 Å². The van der Waals surface area contributed by atoms with Crippen molar-refractivity contribution in [2.75, 3.05) is 26.3 Å². The van der Waals surface area contributed by atoms with Crippen LogP contribution in [0.25, 0.3) is 0 Å². The molecule has 0 amide bonds. The summed E-state index contributed by atoms with van der Waals surface area (Å²) in [5.74, 6) is -1.23. The summed E-state index contributed by atoms with van der Waals surface area (Å²) < 4.78 is 25.3. The van der Waals surface area contributed by atoms with Gasteiger partial charge in [0, 0.05) is 32.2 Å². The molecule has 1 aliphatic rings. The molecule has 0 bridgehead atoms. The molecular formula is C65H125NO8. The van der Waals surface area contributed by atoms with Crippen molar-refractivity contribution in [2.45, 2.75) is 373 Å². The van der Waals surface area contributed by atoms with Crippen molar-refractivity contribution in [3.05, 3.63) is 0 Å². The fourth-order valence-electron chi connectivity index (χ4n) is 11.0. The third-order valence-electron chi connectivity index (χ3n) is 15.8. The minimum atomic E-state index is -0.834. The summed E-state index contributed by atoms with van der Waals surface area (Å²) in [6.45, 7) is 13.5. The van der Waals surface area contributed by atoms with Crippen molar-refractivity contribution in [3.63, 3.8) is 0 Å². The van der Waals surface area contributed by atoms with Crippen molar-refractivity contribution >= 4 is 17.9 Å². The average Bonchev–Trinajstić information content (AvgIpc) is 3.39. The van der Waals surface area contributed by atoms with Gasteiger partial charge in [0.05, 0.1) is 25.4 Å². The number of ether oxygens (including phenoxy) is 4. The van der Waals surface area contributed by atoms with Crippen molar-refractivity contribution < 1.29 is 38.4 Å². The second kappa shape index (κ2) is 52.0. The molecule has 9 heteroatoms. The zero-order chi connectivity index (χ0) is 53.8. The van der Waals surface area contributed by atoms with Gasteiger partial charge in [-0.05, 0) is 77.2 Å². The van der Waals surface area contributed by atoms with Crippen molar-refractivity contribution in [2.24, 2.45) is 0 Å². The smallest absolute Gasteiger partial charge is 0.323 e. The summed E-state index contributed by atoms with van der Waals surface area (Å²) >= 11 is 0. The molecule has 1 rings (SSSR count). The number of nitrogens with zero attached hydrogens (tertiary/aromatic N) is 1. The number of aliphatic hydroxyl groups excluding tert-OH is 1. The van der Waals surface area contributed by atoms with Crippen LogP contribution in [-0.2, 0) is 33.3 Å². The highest BCUT2D eigenvalue weighted by atomic mass is 16.7. The summed E-state index contributed by atoms with van der Waals surface area (Å²) in [5.41, 5.74) is 0. The van der Waals surface area contributed by atoms with Gasteiger partial charge in [-0.3, -0.25) is 19.3 Å². The van der Waals surface area contributed by atoms with Gasteiger partial charge in [-0.2, -0.15) is 0 Å². The molecule has 0 saturated carbocycles. The van der Waals surface area contributed by atoms with E-state index in [1.54, 1.807) is 0 Å². The fourth-order valence-corrected chi connectivity index (χ4v) is 11.0. The molecule has 0 aliphatic carbocycles. The third-order valence-corrected chi connectivity index (χ3v) is 15.8. The van der Waals surface area contributed by atoms with Gasteiger partial charge >= 0.3 is 17.9 Å². The molecule has 0 radical (unpaired) electrons. The molecular weight excluding hydrogens is 923 g/mol. The van der Waals surface area contributed by atoms with Crippen LogP contribution in [0.4, 0.5) is 0 Å². The molecule has 0 aromatic heterocycles. The normalized spacial score (nSPS) is 15.3. The summed E-state index contributed by atoms with van der Waals surface area (Å²) in [6, 6.07) is -0.328. The lowest BCUT2D eigenvalue weighted by atomic mass is 9.97. The largest absolute Gasteiger partial charge is 0.466 e. The van der Waals surface area contributed by atoms with Crippen LogP contribution < -0.4 is 0 Å². The Bertz CT molecular complexity index is 1210. The molecule has 1 aliphatic heterocycles. The number of piperidine rings is 1. The number of carbonyl (C=O) groups is 3. The molecule has 438 valence electrons. The summed E-state index contributed by atoms with van der Waals surface area (Å²) in [6.07, 6.45) is 53.4. The van der Waals surface area contributed by atoms with Crippen molar-refractivity contribution in [3.8, 4) is 0 Å². The van der Waals surface area contributed by atoms with Crippen LogP contribution >= 0.6 is 0 Å². The third kappa shape index (κ3) is 41.4. The van der Waals surface area contributed by atoms with E-state index in [2.05, 4.69) is 39.5 Å². The lowest BCUT2D eigenvalue weighted by Gasteiger charge is -2.37. The maximum absolute atomic E-state index is 13.9. The number of aliphatic hydroxyl groups is 1. The highest BCUT2D eigenvalue weighted by Gasteiger charge is 2.37. The Labute approximate surface area is 459 Å². The van der Waals surface area contributed by atoms with Gasteiger partial charge in [0.25, 0.3) is 0 Å². The van der Waals surface area contributed by atoms with E-state index in [0.717, 1.165) is 116 Å². The van der Waals surface area contributed by atoms with E-state index in [9.17, 15) is 19.5 Å². The number of esters is 3. The molecule has 1 saturated heterocycles. The molecule has 0 aromatic carbocycles. The Hall–Kier alpha value is -1.71. The first kappa shape index (κ1) is 70.3. The Morgan fingerprint density at radius 1 is 0.446 bits per heavy atom. The highest BCUT2D eigenvalue weighted by molar-refractivity contribution is 5.76. The minimum absolute atomic E-state index is 0.0991. The first-order valence-electron chi connectivity index (χ1n) is 32.9. The zero-order valence-electron chi connectivity index (χ0n) is 50.0. The molecule has 9 nitrogen and oxygen atoms in total. The molecule has 74 heavy (non-hydrogen) atoms. The maximum Gasteiger partial charge on any atom is 0.323 e. The fraction of sp³-hybridized carbons (Fsp3) is 0.954. The number of rotatable bonds is 56. The Kier molecular flexibility index (Phi) is 49.4. The molecule has 0 aromatic rings. The second-order valence-corrected chi connectivity index (χ2v) is 23.1. The lowest BCUT2D eigenvalue weighted by molar-refractivity contribution is -0.259. The lowest BCUT2D eigenvalue weighted by Crippen LogP contribution is -2.50. The highest BCUT2D eigenvalue weighted by Crippen LogP contribution is 2.34. The van der Waals surface area contributed by atoms with Crippen molar-refractivity contribution in [1.29, 1.82) is 0 Å². The maximum atomic E-state index is 13.9. The second-order valence-electron chi connectivity index (χ2n) is 23.1. The monoisotopic (exact) mass is 1050 g/mol. The van der Waals surface area contributed by atoms with Crippen LogP contribution in [0, 0.1) is 0 Å². The standard InChI is InChI=1S/C65H125NO8/c1-6-11-16-21-26-27-28-35-45-56-71-62(68)49-41-37-44-55-66-58-59(67)51-52-61(66)64(70)72-57-46-36-29-32-40-50-63(69)74-65(53-42-33-24-19-14-9-4,54-43-34-25-20-15-10-5)73-60(47-38-30-22-17-12-7-2)48-39-31-23-18-13-8-3/h59-61,67H,6-58H2,1-5H3/t59-,61-/m0/s1. The number of β-amino-alcohol motifs (C(OH)–C–C–N with tert-alkyl or cyclic N) is 1. The number of likely N-dealkylation sites (tertiary alicyclic amines) is 1. The SMILES string of the molecule is CCCCCCCCCCCOC(=O)CCCCCN1C[C@@H](O)CC[C@H]1C(=O)OCCCCCCCC(=O)OC(CCCCCCCC)(CCCCCCCC)OC(CCCCCCCC)CCCCCCCC. The number of unbranched alkanes of at least 4 members (excludes halogenated alkanes) is 34. The van der Waals surface area contributed by atoms with Crippen LogP contribution in [0.2, 0.25) is 0 Å². The molecule has 2 atom stereocenters. The Morgan fingerprint density at radius 2 is 0.824 bits per heavy atom. The van der Waals surface area contributed by atoms with E-state index in [1.165, 1.54) is 173 Å². The molecule has 1 fully saturated rings. The molecule has 0 unspecified atom stereocenters. The average molecular weight is 1050 g/mol. The van der Waals surface area contributed by atoms with Gasteiger partial charge in [-0.25, -0.2) is 0 Å². The Morgan fingerprint density at radius 3 is 1.30 bits per heavy atom. The van der Waals surface area contributed by atoms with E-state index in [-0.39, 0.29) is 30.1 Å².